The van der Waals surface area contributed by atoms with Gasteiger partial charge in [-0.2, -0.15) is 0 Å². The van der Waals surface area contributed by atoms with Gasteiger partial charge >= 0.3 is 0 Å². The standard InChI is InChI=1S/C15H20N2O3/c1-16-13-6-3-2-5-12(13)14(18)17-8-4-7-15(11-17)19-9-10-20-15/h2-3,5-6,16H,4,7-11H2,1H3. The van der Waals surface area contributed by atoms with Crippen LogP contribution in [0, 0.1) is 0 Å². The highest BCUT2D eigenvalue weighted by atomic mass is 16.7. The second kappa shape index (κ2) is 5.42. The normalized spacial score (nSPS) is 21.1. The average molecular weight is 276 g/mol. The van der Waals surface area contributed by atoms with E-state index >= 15 is 0 Å². The van der Waals surface area contributed by atoms with Gasteiger partial charge in [-0.1, -0.05) is 12.1 Å². The van der Waals surface area contributed by atoms with Crippen molar-refractivity contribution in [3.05, 3.63) is 29.8 Å². The fourth-order valence-electron chi connectivity index (χ4n) is 2.95. The molecule has 108 valence electrons. The zero-order chi connectivity index (χ0) is 14.0. The molecule has 2 heterocycles. The first-order chi connectivity index (χ1) is 9.74. The van der Waals surface area contributed by atoms with Crippen molar-refractivity contribution in [3.8, 4) is 0 Å². The number of nitrogens with one attached hydrogen (secondary N) is 1. The monoisotopic (exact) mass is 276 g/mol. The minimum absolute atomic E-state index is 0.0353. The molecule has 2 fully saturated rings. The van der Waals surface area contributed by atoms with Crippen LogP contribution in [-0.2, 0) is 9.47 Å². The van der Waals surface area contributed by atoms with E-state index in [1.165, 1.54) is 0 Å². The maximum absolute atomic E-state index is 12.7. The van der Waals surface area contributed by atoms with Gasteiger partial charge in [0.15, 0.2) is 5.79 Å². The predicted molar refractivity (Wildman–Crippen MR) is 75.8 cm³/mol. The van der Waals surface area contributed by atoms with Gasteiger partial charge in [0.05, 0.1) is 25.3 Å². The molecule has 1 spiro atoms. The summed E-state index contributed by atoms with van der Waals surface area (Å²) in [6, 6.07) is 7.57. The van der Waals surface area contributed by atoms with Gasteiger partial charge < -0.3 is 19.7 Å². The van der Waals surface area contributed by atoms with Crippen molar-refractivity contribution in [2.75, 3.05) is 38.7 Å². The quantitative estimate of drug-likeness (QED) is 0.893. The van der Waals surface area contributed by atoms with Gasteiger partial charge in [-0.25, -0.2) is 0 Å². The van der Waals surface area contributed by atoms with Crippen molar-refractivity contribution in [2.24, 2.45) is 0 Å². The van der Waals surface area contributed by atoms with Crippen LogP contribution >= 0.6 is 0 Å². The topological polar surface area (TPSA) is 50.8 Å². The highest BCUT2D eigenvalue weighted by Gasteiger charge is 2.42. The van der Waals surface area contributed by atoms with Crippen molar-refractivity contribution in [1.29, 1.82) is 0 Å². The van der Waals surface area contributed by atoms with E-state index in [0.717, 1.165) is 25.1 Å². The Balaban J connectivity index is 1.79. The van der Waals surface area contributed by atoms with Crippen molar-refractivity contribution in [2.45, 2.75) is 18.6 Å². The van der Waals surface area contributed by atoms with E-state index in [-0.39, 0.29) is 5.91 Å². The molecule has 0 atom stereocenters. The lowest BCUT2D eigenvalue weighted by atomic mass is 10.0. The van der Waals surface area contributed by atoms with Gasteiger partial charge in [-0.3, -0.25) is 4.79 Å². The molecule has 1 N–H and O–H groups in total. The van der Waals surface area contributed by atoms with Gasteiger partial charge in [0, 0.05) is 25.7 Å². The molecule has 2 aliphatic heterocycles. The second-order valence-corrected chi connectivity index (χ2v) is 5.23. The Morgan fingerprint density at radius 3 is 2.80 bits per heavy atom. The van der Waals surface area contributed by atoms with Crippen LogP contribution in [-0.4, -0.2) is 49.9 Å². The number of anilines is 1. The summed E-state index contributed by atoms with van der Waals surface area (Å²) in [6.45, 7) is 2.51. The summed E-state index contributed by atoms with van der Waals surface area (Å²) in [7, 11) is 1.83. The van der Waals surface area contributed by atoms with E-state index in [1.807, 2.05) is 36.2 Å². The zero-order valence-electron chi connectivity index (χ0n) is 11.7. The number of carbonyl (C=O) groups is 1. The summed E-state index contributed by atoms with van der Waals surface area (Å²) in [6.07, 6.45) is 1.78. The lowest BCUT2D eigenvalue weighted by Crippen LogP contribution is -2.51. The van der Waals surface area contributed by atoms with Crippen molar-refractivity contribution in [3.63, 3.8) is 0 Å². The van der Waals surface area contributed by atoms with Gasteiger partial charge in [-0.05, 0) is 18.6 Å². The third kappa shape index (κ3) is 2.39. The number of likely N-dealkylation sites (tertiary alicyclic amines) is 1. The third-order valence-corrected chi connectivity index (χ3v) is 3.95. The van der Waals surface area contributed by atoms with E-state index in [1.54, 1.807) is 0 Å². The molecule has 2 aliphatic rings. The molecule has 20 heavy (non-hydrogen) atoms. The van der Waals surface area contributed by atoms with E-state index in [9.17, 15) is 4.79 Å². The number of piperidine rings is 1. The molecular weight excluding hydrogens is 256 g/mol. The molecule has 1 aromatic rings. The molecule has 0 unspecified atom stereocenters. The Hall–Kier alpha value is -1.59. The fraction of sp³-hybridized carbons (Fsp3) is 0.533. The van der Waals surface area contributed by atoms with Gasteiger partial charge in [0.1, 0.15) is 0 Å². The van der Waals surface area contributed by atoms with E-state index in [2.05, 4.69) is 5.32 Å². The van der Waals surface area contributed by atoms with Crippen molar-refractivity contribution < 1.29 is 14.3 Å². The molecule has 3 rings (SSSR count). The Labute approximate surface area is 118 Å². The first-order valence-corrected chi connectivity index (χ1v) is 7.08. The van der Waals surface area contributed by atoms with Crippen LogP contribution in [0.2, 0.25) is 0 Å². The molecule has 5 heteroatoms. The van der Waals surface area contributed by atoms with Crippen LogP contribution in [0.1, 0.15) is 23.2 Å². The summed E-state index contributed by atoms with van der Waals surface area (Å²) >= 11 is 0. The predicted octanol–water partition coefficient (Wildman–Crippen LogP) is 1.71. The van der Waals surface area contributed by atoms with E-state index in [4.69, 9.17) is 9.47 Å². The number of ether oxygens (including phenoxy) is 2. The number of nitrogens with zero attached hydrogens (tertiary/aromatic N) is 1. The van der Waals surface area contributed by atoms with Crippen LogP contribution in [0.25, 0.3) is 0 Å². The van der Waals surface area contributed by atoms with E-state index in [0.29, 0.717) is 25.3 Å². The van der Waals surface area contributed by atoms with Gasteiger partial charge in [-0.15, -0.1) is 0 Å². The van der Waals surface area contributed by atoms with Gasteiger partial charge in [0.25, 0.3) is 5.91 Å². The number of hydrogen-bond acceptors (Lipinski definition) is 4. The van der Waals surface area contributed by atoms with Crippen LogP contribution in [0.3, 0.4) is 0 Å². The minimum atomic E-state index is -0.567. The van der Waals surface area contributed by atoms with Crippen LogP contribution < -0.4 is 5.32 Å². The van der Waals surface area contributed by atoms with Crippen LogP contribution in [0.15, 0.2) is 24.3 Å². The fourth-order valence-corrected chi connectivity index (χ4v) is 2.95. The number of para-hydroxylation sites is 1. The smallest absolute Gasteiger partial charge is 0.256 e. The molecule has 1 aromatic carbocycles. The summed E-state index contributed by atoms with van der Waals surface area (Å²) in [5.74, 6) is -0.532. The largest absolute Gasteiger partial charge is 0.387 e. The first kappa shape index (κ1) is 13.4. The molecule has 0 aromatic heterocycles. The van der Waals surface area contributed by atoms with Crippen LogP contribution in [0.4, 0.5) is 5.69 Å². The summed E-state index contributed by atoms with van der Waals surface area (Å²) in [4.78, 5) is 14.5. The molecule has 2 saturated heterocycles. The molecule has 0 radical (unpaired) electrons. The Bertz CT molecular complexity index is 498. The average Bonchev–Trinajstić information content (AvgIpc) is 2.94. The van der Waals surface area contributed by atoms with E-state index < -0.39 is 5.79 Å². The number of carbonyl (C=O) groups excluding carboxylic acids is 1. The molecule has 1 amide bonds. The van der Waals surface area contributed by atoms with Gasteiger partial charge in [0.2, 0.25) is 0 Å². The Morgan fingerprint density at radius 1 is 1.30 bits per heavy atom. The first-order valence-electron chi connectivity index (χ1n) is 7.08. The summed E-state index contributed by atoms with van der Waals surface area (Å²) in [5, 5.41) is 3.07. The van der Waals surface area contributed by atoms with Crippen LogP contribution in [0.5, 0.6) is 0 Å². The number of benzene rings is 1. The highest BCUT2D eigenvalue weighted by Crippen LogP contribution is 2.31. The lowest BCUT2D eigenvalue weighted by molar-refractivity contribution is -0.183. The number of amides is 1. The lowest BCUT2D eigenvalue weighted by Gasteiger charge is -2.38. The Morgan fingerprint density at radius 2 is 2.05 bits per heavy atom. The number of hydrogen-bond donors (Lipinski definition) is 1. The minimum Gasteiger partial charge on any atom is -0.387 e. The molecule has 0 bridgehead atoms. The van der Waals surface area contributed by atoms with Crippen molar-refractivity contribution >= 4 is 11.6 Å². The number of rotatable bonds is 2. The third-order valence-electron chi connectivity index (χ3n) is 3.95. The maximum Gasteiger partial charge on any atom is 0.256 e. The molecular formula is C15H20N2O3. The Kier molecular flexibility index (Phi) is 3.63. The SMILES string of the molecule is CNc1ccccc1C(=O)N1CCCC2(C1)OCCO2. The highest BCUT2D eigenvalue weighted by molar-refractivity contribution is 5.99. The second-order valence-electron chi connectivity index (χ2n) is 5.23. The van der Waals surface area contributed by atoms with Crippen molar-refractivity contribution in [1.82, 2.24) is 4.90 Å². The summed E-state index contributed by atoms with van der Waals surface area (Å²) in [5.41, 5.74) is 1.55. The molecule has 0 saturated carbocycles. The zero-order valence-corrected chi connectivity index (χ0v) is 11.7. The summed E-state index contributed by atoms with van der Waals surface area (Å²) < 4.78 is 11.4. The molecule has 5 nitrogen and oxygen atoms in total. The maximum atomic E-state index is 12.7. The molecule has 0 aliphatic carbocycles.